The zero-order chi connectivity index (χ0) is 18.5. The number of methoxy groups -OCH3 is 1. The van der Waals surface area contributed by atoms with Gasteiger partial charge in [0.2, 0.25) is 0 Å². The van der Waals surface area contributed by atoms with E-state index in [2.05, 4.69) is 24.4 Å². The number of unbranched alkanes of at least 4 members (excludes halogenated alkanes) is 1. The number of hydrogen-bond acceptors (Lipinski definition) is 3. The van der Waals surface area contributed by atoms with Crippen molar-refractivity contribution in [2.24, 2.45) is 0 Å². The zero-order valence-electron chi connectivity index (χ0n) is 15.2. The molecule has 26 heavy (non-hydrogen) atoms. The molecular formula is C21H24ClNO3. The van der Waals surface area contributed by atoms with Gasteiger partial charge in [-0.2, -0.15) is 0 Å². The zero-order valence-corrected chi connectivity index (χ0v) is 16.0. The lowest BCUT2D eigenvalue weighted by Crippen LogP contribution is -2.13. The molecule has 1 aliphatic rings. The molecule has 5 heteroatoms. The molecule has 0 spiro atoms. The first-order valence-corrected chi connectivity index (χ1v) is 9.43. The molecule has 1 amide bonds. The predicted octanol–water partition coefficient (Wildman–Crippen LogP) is 5.27. The topological polar surface area (TPSA) is 47.6 Å². The van der Waals surface area contributed by atoms with Gasteiger partial charge in [0.15, 0.2) is 11.5 Å². The second-order valence-electron chi connectivity index (χ2n) is 6.48. The lowest BCUT2D eigenvalue weighted by Gasteiger charge is -2.14. The Bertz CT molecular complexity index is 804. The van der Waals surface area contributed by atoms with E-state index in [0.717, 1.165) is 31.4 Å². The predicted molar refractivity (Wildman–Crippen MR) is 105 cm³/mol. The van der Waals surface area contributed by atoms with E-state index in [1.807, 2.05) is 6.07 Å². The Labute approximate surface area is 159 Å². The SMILES string of the molecule is CCCCOc1c(Cl)cc(C(=O)Nc2ccc3c(c2)CCC3)cc1OC. The van der Waals surface area contributed by atoms with E-state index in [1.54, 1.807) is 19.2 Å². The number of rotatable bonds is 7. The smallest absolute Gasteiger partial charge is 0.255 e. The Morgan fingerprint density at radius 1 is 1.19 bits per heavy atom. The average Bonchev–Trinajstić information content (AvgIpc) is 3.10. The van der Waals surface area contributed by atoms with E-state index in [1.165, 1.54) is 17.5 Å². The first kappa shape index (κ1) is 18.6. The number of halogens is 1. The molecule has 1 aliphatic carbocycles. The monoisotopic (exact) mass is 373 g/mol. The first-order chi connectivity index (χ1) is 12.6. The fraction of sp³-hybridized carbons (Fsp3) is 0.381. The van der Waals surface area contributed by atoms with Gasteiger partial charge in [-0.3, -0.25) is 4.79 Å². The van der Waals surface area contributed by atoms with Crippen LogP contribution in [0.3, 0.4) is 0 Å². The number of carbonyl (C=O) groups is 1. The van der Waals surface area contributed by atoms with E-state index >= 15 is 0 Å². The van der Waals surface area contributed by atoms with E-state index in [4.69, 9.17) is 21.1 Å². The van der Waals surface area contributed by atoms with Gasteiger partial charge in [-0.25, -0.2) is 0 Å². The number of fused-ring (bicyclic) bond motifs is 1. The number of carbonyl (C=O) groups excluding carboxylic acids is 1. The van der Waals surface area contributed by atoms with Crippen LogP contribution in [0.5, 0.6) is 11.5 Å². The van der Waals surface area contributed by atoms with Gasteiger partial charge in [-0.15, -0.1) is 0 Å². The highest BCUT2D eigenvalue weighted by atomic mass is 35.5. The molecule has 0 saturated carbocycles. The van der Waals surface area contributed by atoms with Gasteiger partial charge in [-0.1, -0.05) is 31.0 Å². The molecular weight excluding hydrogens is 350 g/mol. The molecule has 0 bridgehead atoms. The van der Waals surface area contributed by atoms with Gasteiger partial charge >= 0.3 is 0 Å². The third kappa shape index (κ3) is 4.13. The maximum atomic E-state index is 12.6. The molecule has 2 aromatic rings. The molecule has 4 nitrogen and oxygen atoms in total. The number of anilines is 1. The third-order valence-electron chi connectivity index (χ3n) is 4.59. The Balaban J connectivity index is 1.77. The van der Waals surface area contributed by atoms with Gasteiger partial charge in [-0.05, 0) is 61.1 Å². The third-order valence-corrected chi connectivity index (χ3v) is 4.87. The lowest BCUT2D eigenvalue weighted by atomic mass is 10.1. The molecule has 0 unspecified atom stereocenters. The number of nitrogens with one attached hydrogen (secondary N) is 1. The molecule has 0 aliphatic heterocycles. The van der Waals surface area contributed by atoms with Crippen LogP contribution in [0.1, 0.15) is 47.7 Å². The largest absolute Gasteiger partial charge is 0.493 e. The van der Waals surface area contributed by atoms with Crippen LogP contribution in [0.4, 0.5) is 5.69 Å². The van der Waals surface area contributed by atoms with Crippen molar-refractivity contribution < 1.29 is 14.3 Å². The molecule has 0 radical (unpaired) electrons. The molecule has 0 heterocycles. The van der Waals surface area contributed by atoms with Gasteiger partial charge in [0.05, 0.1) is 18.7 Å². The highest BCUT2D eigenvalue weighted by molar-refractivity contribution is 6.32. The lowest BCUT2D eigenvalue weighted by molar-refractivity contribution is 0.102. The highest BCUT2D eigenvalue weighted by Gasteiger charge is 2.17. The minimum absolute atomic E-state index is 0.219. The van der Waals surface area contributed by atoms with Crippen LogP contribution in [0.2, 0.25) is 5.02 Å². The van der Waals surface area contributed by atoms with Crippen LogP contribution in [0.25, 0.3) is 0 Å². The van der Waals surface area contributed by atoms with Crippen molar-refractivity contribution in [3.05, 3.63) is 52.0 Å². The Morgan fingerprint density at radius 2 is 2.00 bits per heavy atom. The minimum atomic E-state index is -0.219. The fourth-order valence-electron chi connectivity index (χ4n) is 3.16. The maximum Gasteiger partial charge on any atom is 0.255 e. The highest BCUT2D eigenvalue weighted by Crippen LogP contribution is 2.37. The van der Waals surface area contributed by atoms with Gasteiger partial charge in [0.1, 0.15) is 0 Å². The molecule has 0 aromatic heterocycles. The molecule has 3 rings (SSSR count). The van der Waals surface area contributed by atoms with E-state index in [-0.39, 0.29) is 5.91 Å². The summed E-state index contributed by atoms with van der Waals surface area (Å²) in [5.41, 5.74) is 3.93. The van der Waals surface area contributed by atoms with E-state index in [0.29, 0.717) is 28.7 Å². The normalized spacial score (nSPS) is 12.6. The van der Waals surface area contributed by atoms with Crippen molar-refractivity contribution >= 4 is 23.2 Å². The summed E-state index contributed by atoms with van der Waals surface area (Å²) in [4.78, 5) is 12.6. The van der Waals surface area contributed by atoms with Crippen molar-refractivity contribution in [2.75, 3.05) is 19.0 Å². The molecule has 0 saturated heterocycles. The summed E-state index contributed by atoms with van der Waals surface area (Å²) in [6.07, 6.45) is 5.33. The van der Waals surface area contributed by atoms with Gasteiger partial charge < -0.3 is 14.8 Å². The minimum Gasteiger partial charge on any atom is -0.493 e. The Kier molecular flexibility index (Phi) is 6.04. The van der Waals surface area contributed by atoms with Crippen LogP contribution in [0.15, 0.2) is 30.3 Å². The number of aryl methyl sites for hydroxylation is 2. The summed E-state index contributed by atoms with van der Waals surface area (Å²) in [7, 11) is 1.54. The van der Waals surface area contributed by atoms with Crippen LogP contribution >= 0.6 is 11.6 Å². The van der Waals surface area contributed by atoms with Crippen molar-refractivity contribution in [2.45, 2.75) is 39.0 Å². The van der Waals surface area contributed by atoms with Gasteiger partial charge in [0.25, 0.3) is 5.91 Å². The van der Waals surface area contributed by atoms with Crippen molar-refractivity contribution in [1.29, 1.82) is 0 Å². The van der Waals surface area contributed by atoms with Crippen molar-refractivity contribution in [3.63, 3.8) is 0 Å². The molecule has 2 aromatic carbocycles. The summed E-state index contributed by atoms with van der Waals surface area (Å²) in [5, 5.41) is 3.32. The quantitative estimate of drug-likeness (QED) is 0.672. The standard InChI is InChI=1S/C21H24ClNO3/c1-3-4-10-26-20-18(22)12-16(13-19(20)25-2)21(24)23-17-9-8-14-6-5-7-15(14)11-17/h8-9,11-13H,3-7,10H2,1-2H3,(H,23,24). The molecule has 0 atom stereocenters. The maximum absolute atomic E-state index is 12.6. The summed E-state index contributed by atoms with van der Waals surface area (Å²) in [5.74, 6) is 0.729. The van der Waals surface area contributed by atoms with Crippen LogP contribution in [-0.4, -0.2) is 19.6 Å². The number of hydrogen-bond donors (Lipinski definition) is 1. The summed E-state index contributed by atoms with van der Waals surface area (Å²) >= 11 is 6.33. The summed E-state index contributed by atoms with van der Waals surface area (Å²) in [6.45, 7) is 2.65. The number of amides is 1. The molecule has 0 fully saturated rings. The summed E-state index contributed by atoms with van der Waals surface area (Å²) < 4.78 is 11.1. The fourth-order valence-corrected chi connectivity index (χ4v) is 3.43. The average molecular weight is 374 g/mol. The molecule has 1 N–H and O–H groups in total. The Morgan fingerprint density at radius 3 is 2.77 bits per heavy atom. The van der Waals surface area contributed by atoms with E-state index in [9.17, 15) is 4.79 Å². The van der Waals surface area contributed by atoms with Crippen molar-refractivity contribution in [3.8, 4) is 11.5 Å². The second-order valence-corrected chi connectivity index (χ2v) is 6.89. The number of ether oxygens (including phenoxy) is 2. The van der Waals surface area contributed by atoms with Crippen LogP contribution < -0.4 is 14.8 Å². The van der Waals surface area contributed by atoms with Crippen LogP contribution in [0, 0.1) is 0 Å². The van der Waals surface area contributed by atoms with E-state index < -0.39 is 0 Å². The Hall–Kier alpha value is -2.20. The first-order valence-electron chi connectivity index (χ1n) is 9.06. The van der Waals surface area contributed by atoms with Crippen LogP contribution in [-0.2, 0) is 12.8 Å². The van der Waals surface area contributed by atoms with Crippen molar-refractivity contribution in [1.82, 2.24) is 0 Å². The summed E-state index contributed by atoms with van der Waals surface area (Å²) in [6, 6.07) is 9.38. The number of benzene rings is 2. The molecule has 138 valence electrons. The van der Waals surface area contributed by atoms with Gasteiger partial charge in [0, 0.05) is 11.3 Å². The second kappa shape index (κ2) is 8.45.